The van der Waals surface area contributed by atoms with E-state index >= 15 is 0 Å². The number of aliphatic hydroxyl groups excluding tert-OH is 1. The number of carbonyl (C=O) groups is 1. The molecule has 0 aliphatic carbocycles. The number of carbonyl (C=O) groups excluding carboxylic acids is 1. The van der Waals surface area contributed by atoms with Gasteiger partial charge in [-0.1, -0.05) is 19.4 Å². The van der Waals surface area contributed by atoms with Crippen LogP contribution in [-0.2, 0) is 11.3 Å². The quantitative estimate of drug-likeness (QED) is 0.877. The van der Waals surface area contributed by atoms with Crippen molar-refractivity contribution in [1.29, 1.82) is 0 Å². The highest BCUT2D eigenvalue weighted by Gasteiger charge is 2.29. The minimum absolute atomic E-state index is 0.138. The molecule has 118 valence electrons. The van der Waals surface area contributed by atoms with Crippen LogP contribution in [0, 0.1) is 0 Å². The van der Waals surface area contributed by atoms with E-state index in [4.69, 9.17) is 0 Å². The number of piperidine rings is 1. The van der Waals surface area contributed by atoms with Crippen LogP contribution in [0.1, 0.15) is 37.5 Å². The van der Waals surface area contributed by atoms with Crippen molar-refractivity contribution in [3.05, 3.63) is 22.4 Å². The fourth-order valence-corrected chi connectivity index (χ4v) is 3.70. The molecule has 0 saturated carbocycles. The fourth-order valence-electron chi connectivity index (χ4n) is 2.94. The van der Waals surface area contributed by atoms with Crippen LogP contribution in [0.3, 0.4) is 0 Å². The molecule has 21 heavy (non-hydrogen) atoms. The molecular weight excluding hydrogens is 284 g/mol. The average Bonchev–Trinajstić information content (AvgIpc) is 2.99. The zero-order valence-corrected chi connectivity index (χ0v) is 13.8. The lowest BCUT2D eigenvalue weighted by Gasteiger charge is -2.38. The summed E-state index contributed by atoms with van der Waals surface area (Å²) in [5.41, 5.74) is 0. The zero-order valence-electron chi connectivity index (χ0n) is 13.0. The highest BCUT2D eigenvalue weighted by Crippen LogP contribution is 2.21. The number of aliphatic hydroxyl groups is 1. The summed E-state index contributed by atoms with van der Waals surface area (Å²) in [4.78, 5) is 17.6. The first kappa shape index (κ1) is 16.5. The van der Waals surface area contributed by atoms with E-state index in [0.29, 0.717) is 13.1 Å². The fraction of sp³-hybridized carbons (Fsp3) is 0.688. The number of amides is 1. The zero-order chi connectivity index (χ0) is 15.2. The number of hydrogen-bond acceptors (Lipinski definition) is 4. The van der Waals surface area contributed by atoms with Crippen LogP contribution >= 0.6 is 11.3 Å². The second-order valence-corrected chi connectivity index (χ2v) is 6.87. The van der Waals surface area contributed by atoms with Gasteiger partial charge in [0.05, 0.1) is 19.2 Å². The summed E-state index contributed by atoms with van der Waals surface area (Å²) in [6.07, 6.45) is 3.70. The lowest BCUT2D eigenvalue weighted by Crippen LogP contribution is -2.50. The summed E-state index contributed by atoms with van der Waals surface area (Å²) in [5.74, 6) is 0.138. The Labute approximate surface area is 131 Å². The van der Waals surface area contributed by atoms with Crippen molar-refractivity contribution in [3.8, 4) is 0 Å². The molecule has 0 aromatic carbocycles. The summed E-state index contributed by atoms with van der Waals surface area (Å²) in [7, 11) is 1.86. The third-order valence-electron chi connectivity index (χ3n) is 4.26. The summed E-state index contributed by atoms with van der Waals surface area (Å²) in [5, 5.41) is 12.2. The van der Waals surface area contributed by atoms with Gasteiger partial charge in [0.2, 0.25) is 5.91 Å². The third kappa shape index (κ3) is 4.53. The van der Waals surface area contributed by atoms with Gasteiger partial charge in [-0.2, -0.15) is 0 Å². The van der Waals surface area contributed by atoms with Crippen LogP contribution in [-0.4, -0.2) is 53.1 Å². The minimum atomic E-state index is -0.319. The van der Waals surface area contributed by atoms with Crippen molar-refractivity contribution in [3.63, 3.8) is 0 Å². The molecular formula is C16H26N2O2S. The number of rotatable bonds is 6. The van der Waals surface area contributed by atoms with Gasteiger partial charge >= 0.3 is 0 Å². The summed E-state index contributed by atoms with van der Waals surface area (Å²) < 4.78 is 0. The van der Waals surface area contributed by atoms with Gasteiger partial charge in [0.1, 0.15) is 0 Å². The van der Waals surface area contributed by atoms with Crippen molar-refractivity contribution in [2.24, 2.45) is 0 Å². The molecule has 0 bridgehead atoms. The summed E-state index contributed by atoms with van der Waals surface area (Å²) >= 11 is 1.68. The molecule has 2 rings (SSSR count). The van der Waals surface area contributed by atoms with Gasteiger partial charge in [0.15, 0.2) is 0 Å². The molecule has 1 aromatic heterocycles. The Morgan fingerprint density at radius 3 is 3.05 bits per heavy atom. The topological polar surface area (TPSA) is 43.8 Å². The molecule has 1 aliphatic rings. The van der Waals surface area contributed by atoms with Gasteiger partial charge in [0, 0.05) is 18.0 Å². The van der Waals surface area contributed by atoms with Crippen molar-refractivity contribution in [2.45, 2.75) is 51.3 Å². The van der Waals surface area contributed by atoms with E-state index in [2.05, 4.69) is 11.0 Å². The molecule has 0 radical (unpaired) electrons. The van der Waals surface area contributed by atoms with Gasteiger partial charge in [0.25, 0.3) is 0 Å². The molecule has 1 N–H and O–H groups in total. The Kier molecular flexibility index (Phi) is 6.21. The SMILES string of the molecule is CC[C@@H](O)[C@H]1CCCCN1CC(=O)N(C)Cc1cccs1. The Balaban J connectivity index is 1.90. The molecule has 1 amide bonds. The highest BCUT2D eigenvalue weighted by atomic mass is 32.1. The summed E-state index contributed by atoms with van der Waals surface area (Å²) in [6, 6.07) is 4.21. The molecule has 1 aliphatic heterocycles. The van der Waals surface area contributed by atoms with E-state index < -0.39 is 0 Å². The second kappa shape index (κ2) is 7.92. The van der Waals surface area contributed by atoms with Gasteiger partial charge in [-0.25, -0.2) is 0 Å². The van der Waals surface area contributed by atoms with E-state index in [0.717, 1.165) is 32.2 Å². The number of hydrogen-bond donors (Lipinski definition) is 1. The second-order valence-electron chi connectivity index (χ2n) is 5.84. The molecule has 5 heteroatoms. The van der Waals surface area contributed by atoms with Crippen molar-refractivity contribution >= 4 is 17.2 Å². The normalized spacial score (nSPS) is 21.2. The maximum Gasteiger partial charge on any atom is 0.236 e. The van der Waals surface area contributed by atoms with E-state index in [9.17, 15) is 9.90 Å². The van der Waals surface area contributed by atoms with E-state index in [1.807, 2.05) is 25.4 Å². The van der Waals surface area contributed by atoms with Crippen LogP contribution in [0.25, 0.3) is 0 Å². The van der Waals surface area contributed by atoms with Gasteiger partial charge in [-0.05, 0) is 37.3 Å². The lowest BCUT2D eigenvalue weighted by atomic mass is 9.96. The first-order chi connectivity index (χ1) is 10.1. The molecule has 2 heterocycles. The maximum absolute atomic E-state index is 12.4. The maximum atomic E-state index is 12.4. The van der Waals surface area contributed by atoms with Crippen LogP contribution in [0.5, 0.6) is 0 Å². The molecule has 0 spiro atoms. The monoisotopic (exact) mass is 310 g/mol. The standard InChI is InChI=1S/C16H26N2O2S/c1-3-15(19)14-8-4-5-9-18(14)12-16(20)17(2)11-13-7-6-10-21-13/h6-7,10,14-15,19H,3-5,8-9,11-12H2,1-2H3/t14-,15-/m1/s1. The van der Waals surface area contributed by atoms with E-state index in [1.54, 1.807) is 16.2 Å². The Hall–Kier alpha value is -0.910. The first-order valence-electron chi connectivity index (χ1n) is 7.80. The Morgan fingerprint density at radius 1 is 1.57 bits per heavy atom. The largest absolute Gasteiger partial charge is 0.392 e. The Morgan fingerprint density at radius 2 is 2.38 bits per heavy atom. The number of likely N-dealkylation sites (tertiary alicyclic amines) is 1. The van der Waals surface area contributed by atoms with Crippen molar-refractivity contribution in [2.75, 3.05) is 20.1 Å². The Bertz CT molecular complexity index is 435. The molecule has 1 saturated heterocycles. The highest BCUT2D eigenvalue weighted by molar-refractivity contribution is 7.09. The van der Waals surface area contributed by atoms with Gasteiger partial charge < -0.3 is 10.0 Å². The number of nitrogens with zero attached hydrogens (tertiary/aromatic N) is 2. The molecule has 2 atom stereocenters. The lowest BCUT2D eigenvalue weighted by molar-refractivity contribution is -0.133. The molecule has 0 unspecified atom stereocenters. The van der Waals surface area contributed by atoms with Crippen LogP contribution in [0.2, 0.25) is 0 Å². The van der Waals surface area contributed by atoms with Gasteiger partial charge in [-0.15, -0.1) is 11.3 Å². The first-order valence-corrected chi connectivity index (χ1v) is 8.68. The smallest absolute Gasteiger partial charge is 0.236 e. The molecule has 1 fully saturated rings. The summed E-state index contributed by atoms with van der Waals surface area (Å²) in [6.45, 7) is 4.01. The molecule has 4 nitrogen and oxygen atoms in total. The van der Waals surface area contributed by atoms with Gasteiger partial charge in [-0.3, -0.25) is 9.69 Å². The van der Waals surface area contributed by atoms with Crippen LogP contribution in [0.4, 0.5) is 0 Å². The van der Waals surface area contributed by atoms with Crippen LogP contribution in [0.15, 0.2) is 17.5 Å². The number of thiophene rings is 1. The third-order valence-corrected chi connectivity index (χ3v) is 5.13. The molecule has 1 aromatic rings. The number of likely N-dealkylation sites (N-methyl/N-ethyl adjacent to an activating group) is 1. The predicted molar refractivity (Wildman–Crippen MR) is 86.3 cm³/mol. The minimum Gasteiger partial charge on any atom is -0.392 e. The van der Waals surface area contributed by atoms with Crippen molar-refractivity contribution in [1.82, 2.24) is 9.80 Å². The average molecular weight is 310 g/mol. The van der Waals surface area contributed by atoms with Crippen LogP contribution < -0.4 is 0 Å². The van der Waals surface area contributed by atoms with E-state index in [-0.39, 0.29) is 18.1 Å². The van der Waals surface area contributed by atoms with Crippen molar-refractivity contribution < 1.29 is 9.90 Å². The van der Waals surface area contributed by atoms with E-state index in [1.165, 1.54) is 4.88 Å². The predicted octanol–water partition coefficient (Wildman–Crippen LogP) is 2.33.